The monoisotopic (exact) mass is 515 g/mol. The minimum Gasteiger partial charge on any atom is -0.497 e. The van der Waals surface area contributed by atoms with E-state index in [9.17, 15) is 27.6 Å². The molecule has 7 nitrogen and oxygen atoms in total. The number of halogens is 3. The molecule has 2 N–H and O–H groups in total. The zero-order chi connectivity index (χ0) is 27.5. The predicted octanol–water partition coefficient (Wildman–Crippen LogP) is 5.15. The van der Waals surface area contributed by atoms with Crippen molar-refractivity contribution in [3.63, 3.8) is 0 Å². The number of alkyl halides is 3. The fourth-order valence-corrected chi connectivity index (χ4v) is 3.79. The molecular formula is C27H28F3N3O4. The third-order valence-electron chi connectivity index (χ3n) is 5.87. The second kappa shape index (κ2) is 10.5. The Labute approximate surface area is 212 Å². The zero-order valence-electron chi connectivity index (χ0n) is 21.1. The first kappa shape index (κ1) is 27.5. The SMILES string of the molecule is COc1ccc(C(C(=O)Nc2ccc(C(C)(C)C)cc2)N(C)C(=O)c2c[nH]c(=O)cc2C(F)(F)F)cc1. The quantitative estimate of drug-likeness (QED) is 0.475. The van der Waals surface area contributed by atoms with E-state index in [1.54, 1.807) is 36.4 Å². The first-order chi connectivity index (χ1) is 17.2. The summed E-state index contributed by atoms with van der Waals surface area (Å²) in [6.45, 7) is 6.15. The number of aromatic nitrogens is 1. The summed E-state index contributed by atoms with van der Waals surface area (Å²) in [4.78, 5) is 41.3. The Balaban J connectivity index is 2.01. The topological polar surface area (TPSA) is 91.5 Å². The molecule has 1 unspecified atom stereocenters. The van der Waals surface area contributed by atoms with Gasteiger partial charge in [-0.25, -0.2) is 0 Å². The maximum absolute atomic E-state index is 13.6. The maximum atomic E-state index is 13.6. The van der Waals surface area contributed by atoms with Gasteiger partial charge in [0.1, 0.15) is 11.8 Å². The number of rotatable bonds is 6. The molecule has 0 saturated carbocycles. The number of anilines is 1. The van der Waals surface area contributed by atoms with Gasteiger partial charge in [-0.3, -0.25) is 14.4 Å². The molecule has 10 heteroatoms. The van der Waals surface area contributed by atoms with Crippen LogP contribution in [0.5, 0.6) is 5.75 Å². The number of pyridine rings is 1. The van der Waals surface area contributed by atoms with E-state index in [0.717, 1.165) is 10.5 Å². The van der Waals surface area contributed by atoms with Gasteiger partial charge in [-0.15, -0.1) is 0 Å². The Hall–Kier alpha value is -4.08. The number of carbonyl (C=O) groups is 2. The van der Waals surface area contributed by atoms with Crippen molar-refractivity contribution in [2.24, 2.45) is 0 Å². The number of carbonyl (C=O) groups excluding carboxylic acids is 2. The Kier molecular flexibility index (Phi) is 7.80. The molecule has 3 aromatic rings. The van der Waals surface area contributed by atoms with Crippen LogP contribution >= 0.6 is 0 Å². The molecule has 1 heterocycles. The smallest absolute Gasteiger partial charge is 0.417 e. The molecular weight excluding hydrogens is 487 g/mol. The van der Waals surface area contributed by atoms with Gasteiger partial charge in [0.25, 0.3) is 11.8 Å². The summed E-state index contributed by atoms with van der Waals surface area (Å²) in [5, 5.41) is 2.74. The molecule has 0 aliphatic rings. The van der Waals surface area contributed by atoms with Crippen molar-refractivity contribution in [1.29, 1.82) is 0 Å². The number of methoxy groups -OCH3 is 1. The highest BCUT2D eigenvalue weighted by Gasteiger charge is 2.38. The van der Waals surface area contributed by atoms with Gasteiger partial charge in [-0.05, 0) is 40.8 Å². The van der Waals surface area contributed by atoms with Crippen molar-refractivity contribution >= 4 is 17.5 Å². The summed E-state index contributed by atoms with van der Waals surface area (Å²) < 4.78 is 46.0. The van der Waals surface area contributed by atoms with Crippen molar-refractivity contribution in [2.75, 3.05) is 19.5 Å². The molecule has 0 aliphatic heterocycles. The number of hydrogen-bond donors (Lipinski definition) is 2. The van der Waals surface area contributed by atoms with Crippen LogP contribution in [0, 0.1) is 0 Å². The summed E-state index contributed by atoms with van der Waals surface area (Å²) >= 11 is 0. The van der Waals surface area contributed by atoms with Crippen LogP contribution in [0.15, 0.2) is 65.6 Å². The summed E-state index contributed by atoms with van der Waals surface area (Å²) in [5.74, 6) is -1.24. The van der Waals surface area contributed by atoms with Gasteiger partial charge in [-0.1, -0.05) is 45.0 Å². The van der Waals surface area contributed by atoms with Gasteiger partial charge in [0.15, 0.2) is 0 Å². The summed E-state index contributed by atoms with van der Waals surface area (Å²) in [5.41, 5.74) is -1.43. The molecule has 0 saturated heterocycles. The highest BCUT2D eigenvalue weighted by atomic mass is 19.4. The van der Waals surface area contributed by atoms with Gasteiger partial charge in [-0.2, -0.15) is 13.2 Å². The highest BCUT2D eigenvalue weighted by Crippen LogP contribution is 2.33. The van der Waals surface area contributed by atoms with Crippen LogP contribution in [0.2, 0.25) is 0 Å². The van der Waals surface area contributed by atoms with E-state index in [1.807, 2.05) is 32.9 Å². The molecule has 0 fully saturated rings. The number of H-pyrrole nitrogens is 1. The van der Waals surface area contributed by atoms with Crippen LogP contribution in [0.4, 0.5) is 18.9 Å². The minimum atomic E-state index is -4.95. The molecule has 3 rings (SSSR count). The van der Waals surface area contributed by atoms with E-state index in [-0.39, 0.29) is 5.41 Å². The first-order valence-electron chi connectivity index (χ1n) is 11.3. The first-order valence-corrected chi connectivity index (χ1v) is 11.3. The lowest BCUT2D eigenvalue weighted by Crippen LogP contribution is -2.39. The second-order valence-corrected chi connectivity index (χ2v) is 9.53. The van der Waals surface area contributed by atoms with E-state index < -0.39 is 40.7 Å². The number of hydrogen-bond acceptors (Lipinski definition) is 4. The van der Waals surface area contributed by atoms with Crippen LogP contribution in [-0.4, -0.2) is 35.9 Å². The lowest BCUT2D eigenvalue weighted by Gasteiger charge is -2.29. The van der Waals surface area contributed by atoms with Crippen molar-refractivity contribution in [3.05, 3.63) is 93.4 Å². The standard InChI is InChI=1S/C27H28F3N3O4/c1-26(2,3)17-8-10-18(11-9-17)32-24(35)23(16-6-12-19(37-5)13-7-16)33(4)25(36)20-15-31-22(34)14-21(20)27(28,29)30/h6-15,23H,1-5H3,(H,31,34)(H,32,35). The lowest BCUT2D eigenvalue weighted by atomic mass is 9.87. The fourth-order valence-electron chi connectivity index (χ4n) is 3.79. The van der Waals surface area contributed by atoms with Crippen molar-refractivity contribution in [1.82, 2.24) is 9.88 Å². The van der Waals surface area contributed by atoms with Gasteiger partial charge < -0.3 is 19.9 Å². The highest BCUT2D eigenvalue weighted by molar-refractivity contribution is 6.02. The van der Waals surface area contributed by atoms with Gasteiger partial charge in [0.2, 0.25) is 5.56 Å². The van der Waals surface area contributed by atoms with Gasteiger partial charge >= 0.3 is 6.18 Å². The van der Waals surface area contributed by atoms with Crippen molar-refractivity contribution in [3.8, 4) is 5.75 Å². The Morgan fingerprint density at radius 1 is 1.00 bits per heavy atom. The van der Waals surface area contributed by atoms with Crippen LogP contribution < -0.4 is 15.6 Å². The van der Waals surface area contributed by atoms with Crippen LogP contribution in [0.3, 0.4) is 0 Å². The summed E-state index contributed by atoms with van der Waals surface area (Å²) in [6, 6.07) is 12.4. The molecule has 2 aromatic carbocycles. The fraction of sp³-hybridized carbons (Fsp3) is 0.296. The van der Waals surface area contributed by atoms with E-state index in [0.29, 0.717) is 29.3 Å². The number of nitrogens with one attached hydrogen (secondary N) is 2. The number of aromatic amines is 1. The number of amides is 2. The Morgan fingerprint density at radius 2 is 1.59 bits per heavy atom. The average molecular weight is 516 g/mol. The van der Waals surface area contributed by atoms with Gasteiger partial charge in [0, 0.05) is 25.0 Å². The maximum Gasteiger partial charge on any atom is 0.417 e. The Morgan fingerprint density at radius 3 is 2.11 bits per heavy atom. The van der Waals surface area contributed by atoms with Crippen LogP contribution in [0.25, 0.3) is 0 Å². The Bertz CT molecular complexity index is 1330. The van der Waals surface area contributed by atoms with E-state index in [4.69, 9.17) is 4.74 Å². The molecule has 2 amide bonds. The third-order valence-corrected chi connectivity index (χ3v) is 5.87. The second-order valence-electron chi connectivity index (χ2n) is 9.53. The van der Waals surface area contributed by atoms with E-state index in [1.165, 1.54) is 14.2 Å². The van der Waals surface area contributed by atoms with E-state index in [2.05, 4.69) is 10.3 Å². The van der Waals surface area contributed by atoms with Gasteiger partial charge in [0.05, 0.1) is 18.2 Å². The third kappa shape index (κ3) is 6.38. The van der Waals surface area contributed by atoms with Crippen molar-refractivity contribution < 1.29 is 27.5 Å². The van der Waals surface area contributed by atoms with Crippen LogP contribution in [-0.2, 0) is 16.4 Å². The molecule has 1 atom stereocenters. The summed E-state index contributed by atoms with van der Waals surface area (Å²) in [7, 11) is 2.69. The molecule has 0 aliphatic carbocycles. The number of likely N-dealkylation sites (N-methyl/N-ethyl adjacent to an activating group) is 1. The van der Waals surface area contributed by atoms with E-state index >= 15 is 0 Å². The van der Waals surface area contributed by atoms with Crippen molar-refractivity contribution in [2.45, 2.75) is 38.4 Å². The predicted molar refractivity (Wildman–Crippen MR) is 134 cm³/mol. The largest absolute Gasteiger partial charge is 0.497 e. The molecule has 37 heavy (non-hydrogen) atoms. The molecule has 0 radical (unpaired) electrons. The zero-order valence-corrected chi connectivity index (χ0v) is 21.1. The summed E-state index contributed by atoms with van der Waals surface area (Å²) in [6.07, 6.45) is -4.25. The normalized spacial score (nSPS) is 12.5. The molecule has 0 spiro atoms. The number of ether oxygens (including phenoxy) is 1. The van der Waals surface area contributed by atoms with Crippen LogP contribution in [0.1, 0.15) is 53.9 Å². The molecule has 1 aromatic heterocycles. The average Bonchev–Trinajstić information content (AvgIpc) is 2.83. The molecule has 196 valence electrons. The molecule has 0 bridgehead atoms. The number of nitrogens with zero attached hydrogens (tertiary/aromatic N) is 1. The minimum absolute atomic E-state index is 0.104. The number of benzene rings is 2. The lowest BCUT2D eigenvalue weighted by molar-refractivity contribution is -0.138.